The molecule has 0 amide bonds. The van der Waals surface area contributed by atoms with E-state index in [1.807, 2.05) is 41.8 Å². The molecule has 0 saturated heterocycles. The predicted octanol–water partition coefficient (Wildman–Crippen LogP) is 5.59. The normalized spacial score (nSPS) is 11.4. The Balaban J connectivity index is 1.96. The molecule has 4 aromatic heterocycles. The van der Waals surface area contributed by atoms with Crippen molar-refractivity contribution in [3.05, 3.63) is 69.0 Å². The minimum atomic E-state index is -0.176. The van der Waals surface area contributed by atoms with Crippen LogP contribution in [-0.4, -0.2) is 15.0 Å². The van der Waals surface area contributed by atoms with Gasteiger partial charge in [-0.2, -0.15) is 0 Å². The number of fused-ring (bicyclic) bond motifs is 3. The highest BCUT2D eigenvalue weighted by atomic mass is 32.1. The number of H-pyrrole nitrogens is 2. The topological polar surface area (TPSA) is 61.5 Å². The number of hydrogen-bond donors (Lipinski definition) is 2. The molecule has 0 bridgehead atoms. The van der Waals surface area contributed by atoms with E-state index in [1.165, 1.54) is 11.3 Å². The van der Waals surface area contributed by atoms with Crippen molar-refractivity contribution >= 4 is 55.3 Å². The SMILES string of the molecule is O=c1[nH]c(=S)[nH]c2c1sc1nc(-c3ccccc3)cc(-c3cccs3)c12. The van der Waals surface area contributed by atoms with E-state index in [4.69, 9.17) is 17.2 Å². The van der Waals surface area contributed by atoms with Crippen LogP contribution in [0.3, 0.4) is 0 Å². The number of benzene rings is 1. The van der Waals surface area contributed by atoms with Gasteiger partial charge in [0.25, 0.3) is 5.56 Å². The van der Waals surface area contributed by atoms with Gasteiger partial charge in [-0.25, -0.2) is 4.98 Å². The van der Waals surface area contributed by atoms with Gasteiger partial charge < -0.3 is 4.98 Å². The fraction of sp³-hybridized carbons (Fsp3) is 0. The van der Waals surface area contributed by atoms with Crippen LogP contribution in [0.4, 0.5) is 0 Å². The van der Waals surface area contributed by atoms with Crippen molar-refractivity contribution < 1.29 is 0 Å². The van der Waals surface area contributed by atoms with Crippen molar-refractivity contribution in [2.45, 2.75) is 0 Å². The van der Waals surface area contributed by atoms with Crippen LogP contribution in [0.25, 0.3) is 42.1 Å². The Morgan fingerprint density at radius 3 is 2.65 bits per heavy atom. The number of rotatable bonds is 2. The molecule has 0 atom stereocenters. The smallest absolute Gasteiger partial charge is 0.269 e. The summed E-state index contributed by atoms with van der Waals surface area (Å²) < 4.78 is 0.940. The molecule has 0 unspecified atom stereocenters. The van der Waals surface area contributed by atoms with Crippen LogP contribution in [0.1, 0.15) is 0 Å². The van der Waals surface area contributed by atoms with Gasteiger partial charge in [0.2, 0.25) is 0 Å². The number of aromatic amines is 2. The maximum absolute atomic E-state index is 12.4. The average Bonchev–Trinajstić information content (AvgIpc) is 3.30. The summed E-state index contributed by atoms with van der Waals surface area (Å²) in [4.78, 5) is 25.0. The van der Waals surface area contributed by atoms with Gasteiger partial charge in [0.15, 0.2) is 4.77 Å². The zero-order valence-electron chi connectivity index (χ0n) is 13.3. The second kappa shape index (κ2) is 5.98. The number of aromatic nitrogens is 3. The summed E-state index contributed by atoms with van der Waals surface area (Å²) in [5.74, 6) is 0. The van der Waals surface area contributed by atoms with E-state index >= 15 is 0 Å². The molecule has 7 heteroatoms. The first kappa shape index (κ1) is 15.6. The Morgan fingerprint density at radius 2 is 1.88 bits per heavy atom. The molecule has 0 saturated carbocycles. The van der Waals surface area contributed by atoms with Gasteiger partial charge in [-0.3, -0.25) is 9.78 Å². The quantitative estimate of drug-likeness (QED) is 0.384. The molecule has 0 spiro atoms. The van der Waals surface area contributed by atoms with Crippen molar-refractivity contribution in [2.24, 2.45) is 0 Å². The van der Waals surface area contributed by atoms with Crippen LogP contribution in [0, 0.1) is 4.77 Å². The second-order valence-electron chi connectivity index (χ2n) is 5.79. The highest BCUT2D eigenvalue weighted by Crippen LogP contribution is 2.40. The van der Waals surface area contributed by atoms with Gasteiger partial charge in [0.1, 0.15) is 9.53 Å². The third kappa shape index (κ3) is 2.44. The lowest BCUT2D eigenvalue weighted by Crippen LogP contribution is -2.05. The van der Waals surface area contributed by atoms with Gasteiger partial charge in [0.05, 0.1) is 11.2 Å². The molecule has 5 rings (SSSR count). The van der Waals surface area contributed by atoms with E-state index in [1.54, 1.807) is 11.3 Å². The van der Waals surface area contributed by atoms with Gasteiger partial charge in [-0.05, 0) is 29.7 Å². The van der Waals surface area contributed by atoms with Gasteiger partial charge in [-0.15, -0.1) is 22.7 Å². The maximum atomic E-state index is 12.4. The van der Waals surface area contributed by atoms with Crippen LogP contribution >= 0.6 is 34.9 Å². The van der Waals surface area contributed by atoms with Crippen molar-refractivity contribution in [2.75, 3.05) is 0 Å². The van der Waals surface area contributed by atoms with Crippen LogP contribution in [0.2, 0.25) is 0 Å². The fourth-order valence-corrected chi connectivity index (χ4v) is 5.06. The molecule has 4 heterocycles. The first-order valence-electron chi connectivity index (χ1n) is 7.90. The molecule has 2 N–H and O–H groups in total. The Kier molecular flexibility index (Phi) is 3.59. The van der Waals surface area contributed by atoms with E-state index in [2.05, 4.69) is 22.1 Å². The van der Waals surface area contributed by atoms with Crippen molar-refractivity contribution in [1.29, 1.82) is 0 Å². The second-order valence-corrected chi connectivity index (χ2v) is 8.15. The van der Waals surface area contributed by atoms with E-state index in [0.717, 1.165) is 37.4 Å². The molecular formula is C19H11N3OS3. The molecule has 4 nitrogen and oxygen atoms in total. The van der Waals surface area contributed by atoms with E-state index < -0.39 is 0 Å². The van der Waals surface area contributed by atoms with E-state index in [0.29, 0.717) is 9.47 Å². The van der Waals surface area contributed by atoms with Crippen molar-refractivity contribution in [3.8, 4) is 21.7 Å². The van der Waals surface area contributed by atoms with Crippen LogP contribution < -0.4 is 5.56 Å². The summed E-state index contributed by atoms with van der Waals surface area (Å²) in [6, 6.07) is 16.3. The lowest BCUT2D eigenvalue weighted by Gasteiger charge is -2.06. The number of pyridine rings is 1. The largest absolute Gasteiger partial charge is 0.330 e. The van der Waals surface area contributed by atoms with Crippen molar-refractivity contribution in [3.63, 3.8) is 0 Å². The van der Waals surface area contributed by atoms with Crippen LogP contribution in [0.5, 0.6) is 0 Å². The molecule has 26 heavy (non-hydrogen) atoms. The number of nitrogens with zero attached hydrogens (tertiary/aromatic N) is 1. The Labute approximate surface area is 160 Å². The Morgan fingerprint density at radius 1 is 1.04 bits per heavy atom. The molecule has 0 fully saturated rings. The lowest BCUT2D eigenvalue weighted by molar-refractivity contribution is 1.15. The molecule has 0 aliphatic carbocycles. The standard InChI is InChI=1S/C19H11N3OS3/c23-17-16-15(21-19(24)22-17)14-11(13-7-4-8-25-13)9-12(20-18(14)26-16)10-5-2-1-3-6-10/h1-9H,(H2,21,22,23,24). The summed E-state index contributed by atoms with van der Waals surface area (Å²) in [6.45, 7) is 0. The number of hydrogen-bond acceptors (Lipinski definition) is 5. The first-order chi connectivity index (χ1) is 12.7. The summed E-state index contributed by atoms with van der Waals surface area (Å²) >= 11 is 8.23. The predicted molar refractivity (Wildman–Crippen MR) is 112 cm³/mol. The molecule has 0 radical (unpaired) electrons. The van der Waals surface area contributed by atoms with Crippen LogP contribution in [-0.2, 0) is 0 Å². The zero-order chi connectivity index (χ0) is 17.7. The number of thiophene rings is 2. The average molecular weight is 394 g/mol. The third-order valence-corrected chi connectivity index (χ3v) is 6.38. The molecular weight excluding hydrogens is 382 g/mol. The maximum Gasteiger partial charge on any atom is 0.269 e. The van der Waals surface area contributed by atoms with Gasteiger partial charge in [0, 0.05) is 21.4 Å². The molecule has 5 aromatic rings. The molecule has 0 aliphatic rings. The Bertz CT molecular complexity index is 1360. The summed E-state index contributed by atoms with van der Waals surface area (Å²) in [7, 11) is 0. The summed E-state index contributed by atoms with van der Waals surface area (Å²) in [6.07, 6.45) is 0. The minimum absolute atomic E-state index is 0.176. The first-order valence-corrected chi connectivity index (χ1v) is 10.0. The number of nitrogens with one attached hydrogen (secondary N) is 2. The molecule has 126 valence electrons. The van der Waals surface area contributed by atoms with Crippen LogP contribution in [0.15, 0.2) is 58.7 Å². The summed E-state index contributed by atoms with van der Waals surface area (Å²) in [5.41, 5.74) is 3.58. The third-order valence-electron chi connectivity index (χ3n) is 4.19. The van der Waals surface area contributed by atoms with E-state index in [-0.39, 0.29) is 5.56 Å². The fourth-order valence-electron chi connectivity index (χ4n) is 3.07. The minimum Gasteiger partial charge on any atom is -0.330 e. The Hall–Kier alpha value is -2.61. The molecule has 1 aromatic carbocycles. The highest BCUT2D eigenvalue weighted by Gasteiger charge is 2.17. The molecule has 0 aliphatic heterocycles. The lowest BCUT2D eigenvalue weighted by atomic mass is 10.1. The van der Waals surface area contributed by atoms with Crippen molar-refractivity contribution in [1.82, 2.24) is 15.0 Å². The summed E-state index contributed by atoms with van der Waals surface area (Å²) in [5, 5.41) is 3.00. The highest BCUT2D eigenvalue weighted by molar-refractivity contribution is 7.71. The monoisotopic (exact) mass is 393 g/mol. The zero-order valence-corrected chi connectivity index (χ0v) is 15.7. The van der Waals surface area contributed by atoms with Gasteiger partial charge in [-0.1, -0.05) is 36.4 Å². The van der Waals surface area contributed by atoms with E-state index in [9.17, 15) is 4.79 Å². The van der Waals surface area contributed by atoms with Gasteiger partial charge >= 0.3 is 0 Å².